The SMILES string of the molecule is Nc1[nH]c(N)c2c(ccc3c4ccccc4cc32)c1N. The number of benzene rings is 2. The van der Waals surface area contributed by atoms with Crippen molar-refractivity contribution >= 4 is 49.6 Å². The molecule has 0 aliphatic heterocycles. The van der Waals surface area contributed by atoms with Crippen LogP contribution in [0.4, 0.5) is 17.3 Å². The van der Waals surface area contributed by atoms with Gasteiger partial charge in [-0.15, -0.1) is 0 Å². The molecule has 0 fully saturated rings. The second-order valence-electron chi connectivity index (χ2n) is 5.05. The third-order valence-corrected chi connectivity index (χ3v) is 3.92. The molecular formula is C16H14N4. The fourth-order valence-electron chi connectivity index (χ4n) is 2.96. The van der Waals surface area contributed by atoms with Gasteiger partial charge in [0.05, 0.1) is 5.69 Å². The normalized spacial score (nSPS) is 11.6. The van der Waals surface area contributed by atoms with Crippen molar-refractivity contribution in [1.82, 2.24) is 4.98 Å². The van der Waals surface area contributed by atoms with Crippen LogP contribution in [0.25, 0.3) is 32.3 Å². The highest BCUT2D eigenvalue weighted by molar-refractivity contribution is 6.25. The zero-order chi connectivity index (χ0) is 13.9. The molecule has 0 aliphatic rings. The van der Waals surface area contributed by atoms with Gasteiger partial charge in [0.1, 0.15) is 11.6 Å². The molecule has 98 valence electrons. The van der Waals surface area contributed by atoms with Crippen molar-refractivity contribution in [1.29, 1.82) is 0 Å². The summed E-state index contributed by atoms with van der Waals surface area (Å²) in [5, 5.41) is 6.53. The number of pyridine rings is 1. The Morgan fingerprint density at radius 1 is 0.700 bits per heavy atom. The Labute approximate surface area is 115 Å². The van der Waals surface area contributed by atoms with Crippen molar-refractivity contribution in [3.63, 3.8) is 0 Å². The van der Waals surface area contributed by atoms with Crippen molar-refractivity contribution in [2.45, 2.75) is 0 Å². The van der Waals surface area contributed by atoms with Crippen LogP contribution < -0.4 is 17.2 Å². The first kappa shape index (κ1) is 11.0. The molecule has 0 amide bonds. The van der Waals surface area contributed by atoms with Crippen LogP contribution in [0.2, 0.25) is 0 Å². The molecule has 4 nitrogen and oxygen atoms in total. The van der Waals surface area contributed by atoms with E-state index in [-0.39, 0.29) is 0 Å². The molecule has 0 saturated carbocycles. The van der Waals surface area contributed by atoms with Gasteiger partial charge < -0.3 is 22.2 Å². The number of rotatable bonds is 0. The Kier molecular flexibility index (Phi) is 1.96. The summed E-state index contributed by atoms with van der Waals surface area (Å²) in [7, 11) is 0. The lowest BCUT2D eigenvalue weighted by atomic mass is 10.0. The molecule has 20 heavy (non-hydrogen) atoms. The van der Waals surface area contributed by atoms with Crippen LogP contribution in [0.3, 0.4) is 0 Å². The Hall–Kier alpha value is -2.88. The van der Waals surface area contributed by atoms with E-state index in [4.69, 9.17) is 17.2 Å². The zero-order valence-corrected chi connectivity index (χ0v) is 10.8. The Bertz CT molecular complexity index is 982. The van der Waals surface area contributed by atoms with Gasteiger partial charge in [0, 0.05) is 10.8 Å². The van der Waals surface area contributed by atoms with Crippen molar-refractivity contribution in [2.75, 3.05) is 17.2 Å². The number of nitrogen functional groups attached to an aromatic ring is 3. The van der Waals surface area contributed by atoms with Crippen molar-refractivity contribution in [2.24, 2.45) is 0 Å². The van der Waals surface area contributed by atoms with Crippen LogP contribution >= 0.6 is 0 Å². The summed E-state index contributed by atoms with van der Waals surface area (Å²) < 4.78 is 0. The first-order chi connectivity index (χ1) is 9.66. The molecule has 0 radical (unpaired) electrons. The third kappa shape index (κ3) is 1.25. The maximum atomic E-state index is 6.12. The van der Waals surface area contributed by atoms with E-state index in [1.54, 1.807) is 0 Å². The number of hydrogen-bond donors (Lipinski definition) is 4. The molecule has 0 bridgehead atoms. The Balaban J connectivity index is 2.33. The number of H-pyrrole nitrogens is 1. The number of hydrogen-bond acceptors (Lipinski definition) is 3. The summed E-state index contributed by atoms with van der Waals surface area (Å²) in [5.74, 6) is 0.957. The maximum absolute atomic E-state index is 6.12. The van der Waals surface area contributed by atoms with Gasteiger partial charge in [-0.25, -0.2) is 0 Å². The van der Waals surface area contributed by atoms with Gasteiger partial charge in [-0.3, -0.25) is 0 Å². The number of nitrogens with two attached hydrogens (primary N) is 3. The number of anilines is 3. The molecule has 4 heteroatoms. The molecule has 1 aromatic heterocycles. The lowest BCUT2D eigenvalue weighted by Crippen LogP contribution is -2.02. The van der Waals surface area contributed by atoms with E-state index >= 15 is 0 Å². The summed E-state index contributed by atoms with van der Waals surface area (Å²) in [6.45, 7) is 0. The van der Waals surface area contributed by atoms with E-state index in [0.29, 0.717) is 17.3 Å². The molecular weight excluding hydrogens is 248 g/mol. The molecule has 1 heterocycles. The van der Waals surface area contributed by atoms with E-state index in [0.717, 1.165) is 16.2 Å². The predicted octanol–water partition coefficient (Wildman–Crippen LogP) is 3.22. The van der Waals surface area contributed by atoms with Crippen molar-refractivity contribution in [3.8, 4) is 0 Å². The number of fused-ring (bicyclic) bond motifs is 5. The molecule has 0 unspecified atom stereocenters. The number of nitrogens with one attached hydrogen (secondary N) is 1. The molecule has 0 saturated heterocycles. The van der Waals surface area contributed by atoms with Crippen LogP contribution in [0.1, 0.15) is 0 Å². The largest absolute Gasteiger partial charge is 0.395 e. The minimum Gasteiger partial charge on any atom is -0.395 e. The van der Waals surface area contributed by atoms with Gasteiger partial charge in [-0.05, 0) is 27.6 Å². The quantitative estimate of drug-likeness (QED) is 0.392. The van der Waals surface area contributed by atoms with E-state index < -0.39 is 0 Å². The highest BCUT2D eigenvalue weighted by Gasteiger charge is 2.12. The summed E-state index contributed by atoms with van der Waals surface area (Å²) in [6.07, 6.45) is 0. The number of aromatic amines is 1. The average molecular weight is 262 g/mol. The number of aromatic nitrogens is 1. The average Bonchev–Trinajstić information content (AvgIpc) is 2.82. The molecule has 0 aliphatic carbocycles. The highest BCUT2D eigenvalue weighted by atomic mass is 14.9. The first-order valence-corrected chi connectivity index (χ1v) is 6.43. The van der Waals surface area contributed by atoms with Crippen LogP contribution in [0.5, 0.6) is 0 Å². The second-order valence-corrected chi connectivity index (χ2v) is 5.05. The van der Waals surface area contributed by atoms with Crippen molar-refractivity contribution < 1.29 is 0 Å². The Morgan fingerprint density at radius 2 is 1.45 bits per heavy atom. The fourth-order valence-corrected chi connectivity index (χ4v) is 2.96. The zero-order valence-electron chi connectivity index (χ0n) is 10.8. The van der Waals surface area contributed by atoms with E-state index in [9.17, 15) is 0 Å². The molecule has 0 atom stereocenters. The van der Waals surface area contributed by atoms with E-state index in [2.05, 4.69) is 29.2 Å². The third-order valence-electron chi connectivity index (χ3n) is 3.92. The molecule has 3 aromatic carbocycles. The fraction of sp³-hybridized carbons (Fsp3) is 0. The van der Waals surface area contributed by atoms with E-state index in [1.165, 1.54) is 16.2 Å². The summed E-state index contributed by atoms with van der Waals surface area (Å²) in [5.41, 5.74) is 18.6. The van der Waals surface area contributed by atoms with Gasteiger partial charge in [-0.2, -0.15) is 0 Å². The summed E-state index contributed by atoms with van der Waals surface area (Å²) in [6, 6.07) is 14.5. The molecule has 7 N–H and O–H groups in total. The molecule has 0 spiro atoms. The highest BCUT2D eigenvalue weighted by Crippen LogP contribution is 2.38. The summed E-state index contributed by atoms with van der Waals surface area (Å²) in [4.78, 5) is 2.95. The minimum atomic E-state index is 0.408. The van der Waals surface area contributed by atoms with Gasteiger partial charge in [-0.1, -0.05) is 36.4 Å². The van der Waals surface area contributed by atoms with Crippen LogP contribution in [0, 0.1) is 0 Å². The van der Waals surface area contributed by atoms with Gasteiger partial charge in [0.2, 0.25) is 0 Å². The topological polar surface area (TPSA) is 93.8 Å². The minimum absolute atomic E-state index is 0.408. The molecule has 4 aromatic rings. The second kappa shape index (κ2) is 3.57. The van der Waals surface area contributed by atoms with Crippen LogP contribution in [0.15, 0.2) is 42.5 Å². The lowest BCUT2D eigenvalue weighted by Gasteiger charge is -2.10. The van der Waals surface area contributed by atoms with E-state index in [1.807, 2.05) is 18.2 Å². The first-order valence-electron chi connectivity index (χ1n) is 6.43. The standard InChI is InChI=1S/C16H14N4/c17-14-11-6-5-10-9-4-2-1-3-8(9)7-12(10)13(11)15(18)20-16(14)19/h1-7,20H,17-19H2. The van der Waals surface area contributed by atoms with Gasteiger partial charge >= 0.3 is 0 Å². The molecule has 4 rings (SSSR count). The maximum Gasteiger partial charge on any atom is 0.126 e. The van der Waals surface area contributed by atoms with Crippen LogP contribution in [-0.4, -0.2) is 4.98 Å². The van der Waals surface area contributed by atoms with Gasteiger partial charge in [0.25, 0.3) is 0 Å². The van der Waals surface area contributed by atoms with Crippen LogP contribution in [-0.2, 0) is 0 Å². The smallest absolute Gasteiger partial charge is 0.126 e. The van der Waals surface area contributed by atoms with Crippen molar-refractivity contribution in [3.05, 3.63) is 42.5 Å². The van der Waals surface area contributed by atoms with Gasteiger partial charge in [0.15, 0.2) is 0 Å². The predicted molar refractivity (Wildman–Crippen MR) is 86.5 cm³/mol. The monoisotopic (exact) mass is 262 g/mol. The summed E-state index contributed by atoms with van der Waals surface area (Å²) >= 11 is 0. The Morgan fingerprint density at radius 3 is 2.30 bits per heavy atom. The lowest BCUT2D eigenvalue weighted by molar-refractivity contribution is 1.38.